The van der Waals surface area contributed by atoms with Gasteiger partial charge in [-0.2, -0.15) is 5.26 Å². The molecule has 1 aliphatic heterocycles. The number of nitrogens with zero attached hydrogens (tertiary/aromatic N) is 4. The topological polar surface area (TPSA) is 61.9 Å². The van der Waals surface area contributed by atoms with Gasteiger partial charge in [-0.05, 0) is 69.7 Å². The van der Waals surface area contributed by atoms with Crippen LogP contribution in [0, 0.1) is 22.6 Å². The van der Waals surface area contributed by atoms with Crippen LogP contribution in [0.4, 0.5) is 10.2 Å². The zero-order valence-corrected chi connectivity index (χ0v) is 20.4. The summed E-state index contributed by atoms with van der Waals surface area (Å²) in [6, 6.07) is 16.1. The molecule has 170 valence electrons. The number of benzene rings is 1. The van der Waals surface area contributed by atoms with Crippen molar-refractivity contribution >= 4 is 33.4 Å². The van der Waals surface area contributed by atoms with Gasteiger partial charge in [0.05, 0.1) is 17.6 Å². The third-order valence-electron chi connectivity index (χ3n) is 6.29. The molecule has 3 aromatic rings. The lowest BCUT2D eigenvalue weighted by molar-refractivity contribution is -0.118. The maximum Gasteiger partial charge on any atom is 0.162 e. The minimum Gasteiger partial charge on any atom is -0.309 e. The predicted octanol–water partition coefficient (Wildman–Crippen LogP) is 6.42. The van der Waals surface area contributed by atoms with Crippen molar-refractivity contribution < 1.29 is 9.18 Å². The third kappa shape index (κ3) is 3.78. The molecule has 0 saturated heterocycles. The molecule has 0 radical (unpaired) electrons. The van der Waals surface area contributed by atoms with E-state index in [-0.39, 0.29) is 11.2 Å². The zero-order valence-electron chi connectivity index (χ0n) is 18.8. The fourth-order valence-corrected chi connectivity index (χ4v) is 5.20. The Kier molecular flexibility index (Phi) is 5.49. The summed E-state index contributed by atoms with van der Waals surface area (Å²) < 4.78 is 17.0. The number of allylic oxidation sites excluding steroid dienone is 3. The van der Waals surface area contributed by atoms with Gasteiger partial charge in [0.25, 0.3) is 0 Å². The monoisotopic (exact) mass is 516 g/mol. The van der Waals surface area contributed by atoms with Gasteiger partial charge in [-0.25, -0.2) is 9.37 Å². The van der Waals surface area contributed by atoms with Crippen molar-refractivity contribution in [2.75, 3.05) is 4.90 Å². The summed E-state index contributed by atoms with van der Waals surface area (Å²) in [5.41, 5.74) is 2.03. The van der Waals surface area contributed by atoms with Gasteiger partial charge in [-0.3, -0.25) is 9.69 Å². The summed E-state index contributed by atoms with van der Waals surface area (Å²) >= 11 is 3.44. The third-order valence-corrected chi connectivity index (χ3v) is 6.76. The number of carbonyl (C=O) groups excluding carboxylic acids is 1. The van der Waals surface area contributed by atoms with E-state index >= 15 is 0 Å². The van der Waals surface area contributed by atoms with Crippen LogP contribution in [0.1, 0.15) is 38.2 Å². The number of rotatable bonds is 3. The maximum atomic E-state index is 14.3. The van der Waals surface area contributed by atoms with E-state index in [9.17, 15) is 14.4 Å². The molecule has 0 unspecified atom stereocenters. The Morgan fingerprint density at radius 3 is 2.56 bits per heavy atom. The normalized spacial score (nSPS) is 19.8. The maximum absolute atomic E-state index is 14.3. The summed E-state index contributed by atoms with van der Waals surface area (Å²) in [6.45, 7) is 4.13. The van der Waals surface area contributed by atoms with E-state index in [1.165, 1.54) is 12.1 Å². The molecular formula is C27H22BrFN4O. The molecule has 1 aromatic carbocycles. The number of hydrogen-bond donors (Lipinski definition) is 0. The molecule has 0 amide bonds. The fraction of sp³-hybridized carbons (Fsp3) is 0.222. The molecule has 1 aliphatic carbocycles. The molecule has 2 aromatic heterocycles. The molecule has 0 bridgehead atoms. The van der Waals surface area contributed by atoms with E-state index < -0.39 is 11.7 Å². The highest BCUT2D eigenvalue weighted by molar-refractivity contribution is 9.10. The van der Waals surface area contributed by atoms with Crippen LogP contribution in [-0.2, 0) is 4.79 Å². The van der Waals surface area contributed by atoms with Crippen molar-refractivity contribution in [1.29, 1.82) is 5.26 Å². The number of Topliss-reactive ketones (excluding diaryl/α,β-unsaturated/α-hetero) is 1. The quantitative estimate of drug-likeness (QED) is 0.402. The van der Waals surface area contributed by atoms with Gasteiger partial charge < -0.3 is 4.57 Å². The van der Waals surface area contributed by atoms with Crippen LogP contribution in [0.5, 0.6) is 0 Å². The molecule has 3 heterocycles. The van der Waals surface area contributed by atoms with Gasteiger partial charge in [0.2, 0.25) is 0 Å². The van der Waals surface area contributed by atoms with Gasteiger partial charge in [-0.1, -0.05) is 26.0 Å². The summed E-state index contributed by atoms with van der Waals surface area (Å²) in [7, 11) is 0. The molecule has 2 aliphatic rings. The minimum atomic E-state index is -0.664. The molecule has 34 heavy (non-hydrogen) atoms. The van der Waals surface area contributed by atoms with Crippen molar-refractivity contribution in [3.05, 3.63) is 99.8 Å². The Morgan fingerprint density at radius 2 is 1.91 bits per heavy atom. The molecule has 5 rings (SSSR count). The smallest absolute Gasteiger partial charge is 0.162 e. The van der Waals surface area contributed by atoms with E-state index in [4.69, 9.17) is 0 Å². The first-order chi connectivity index (χ1) is 16.3. The van der Waals surface area contributed by atoms with Crippen LogP contribution in [-0.4, -0.2) is 15.3 Å². The SMILES string of the molecule is CC1(C)CC(=O)C2=C(C1)N(c1ccc(Br)cn1)C(n1cccc1)=C(C#N)[C@H]2c1cccc(F)c1. The average Bonchev–Trinajstić information content (AvgIpc) is 3.32. The number of halogens is 2. The number of carbonyl (C=O) groups is 1. The van der Waals surface area contributed by atoms with E-state index in [0.717, 1.165) is 10.2 Å². The van der Waals surface area contributed by atoms with Crippen LogP contribution >= 0.6 is 15.9 Å². The van der Waals surface area contributed by atoms with E-state index in [1.807, 2.05) is 46.1 Å². The average molecular weight is 517 g/mol. The molecule has 0 fully saturated rings. The van der Waals surface area contributed by atoms with Crippen molar-refractivity contribution in [2.45, 2.75) is 32.6 Å². The molecular weight excluding hydrogens is 495 g/mol. The summed E-state index contributed by atoms with van der Waals surface area (Å²) in [5, 5.41) is 10.4. The molecule has 0 spiro atoms. The number of anilines is 1. The number of aromatic nitrogens is 2. The Labute approximate surface area is 206 Å². The van der Waals surface area contributed by atoms with Crippen molar-refractivity contribution in [2.24, 2.45) is 5.41 Å². The first-order valence-corrected chi connectivity index (χ1v) is 11.8. The van der Waals surface area contributed by atoms with Crippen LogP contribution < -0.4 is 4.90 Å². The van der Waals surface area contributed by atoms with E-state index in [1.54, 1.807) is 18.3 Å². The highest BCUT2D eigenvalue weighted by Crippen LogP contribution is 2.51. The molecule has 0 saturated carbocycles. The largest absolute Gasteiger partial charge is 0.309 e. The van der Waals surface area contributed by atoms with E-state index in [0.29, 0.717) is 41.2 Å². The summed E-state index contributed by atoms with van der Waals surface area (Å²) in [5.74, 6) is 0.113. The number of nitriles is 1. The van der Waals surface area contributed by atoms with Crippen molar-refractivity contribution in [3.63, 3.8) is 0 Å². The van der Waals surface area contributed by atoms with Crippen LogP contribution in [0.2, 0.25) is 0 Å². The first kappa shape index (κ1) is 22.3. The van der Waals surface area contributed by atoms with Gasteiger partial charge in [-0.15, -0.1) is 0 Å². The lowest BCUT2D eigenvalue weighted by Crippen LogP contribution is -2.40. The summed E-state index contributed by atoms with van der Waals surface area (Å²) in [6.07, 6.45) is 6.40. The minimum absolute atomic E-state index is 0.0260. The van der Waals surface area contributed by atoms with Crippen LogP contribution in [0.3, 0.4) is 0 Å². The second-order valence-corrected chi connectivity index (χ2v) is 10.3. The second kappa shape index (κ2) is 8.37. The second-order valence-electron chi connectivity index (χ2n) is 9.40. The Bertz CT molecular complexity index is 1380. The Morgan fingerprint density at radius 1 is 1.15 bits per heavy atom. The molecule has 5 nitrogen and oxygen atoms in total. The summed E-state index contributed by atoms with van der Waals surface area (Å²) in [4.78, 5) is 20.2. The zero-order chi connectivity index (χ0) is 24.0. The number of pyridine rings is 1. The molecule has 7 heteroatoms. The van der Waals surface area contributed by atoms with Crippen LogP contribution in [0.25, 0.3) is 5.82 Å². The lowest BCUT2D eigenvalue weighted by Gasteiger charge is -2.44. The van der Waals surface area contributed by atoms with Gasteiger partial charge >= 0.3 is 0 Å². The Balaban J connectivity index is 1.87. The van der Waals surface area contributed by atoms with Crippen molar-refractivity contribution in [3.8, 4) is 6.07 Å². The van der Waals surface area contributed by atoms with Crippen LogP contribution in [0.15, 0.2) is 88.4 Å². The first-order valence-electron chi connectivity index (χ1n) is 11.0. The number of hydrogen-bond acceptors (Lipinski definition) is 4. The number of ketones is 1. The molecule has 1 atom stereocenters. The standard InChI is InChI=1S/C27H22BrFN4O/c1-27(2)13-21-25(22(34)14-27)24(17-6-5-7-19(29)12-17)20(15-30)26(32-10-3-4-11-32)33(21)23-9-8-18(28)16-31-23/h3-12,16,24H,13-14H2,1-2H3/t24-/m1/s1. The van der Waals surface area contributed by atoms with Gasteiger partial charge in [0, 0.05) is 40.8 Å². The highest BCUT2D eigenvalue weighted by Gasteiger charge is 2.45. The fourth-order valence-electron chi connectivity index (χ4n) is 4.96. The van der Waals surface area contributed by atoms with Gasteiger partial charge in [0.15, 0.2) is 5.78 Å². The van der Waals surface area contributed by atoms with E-state index in [2.05, 4.69) is 40.8 Å². The molecule has 0 N–H and O–H groups in total. The predicted molar refractivity (Wildman–Crippen MR) is 132 cm³/mol. The van der Waals surface area contributed by atoms with Crippen molar-refractivity contribution in [1.82, 2.24) is 9.55 Å². The Hall–Kier alpha value is -3.50. The highest BCUT2D eigenvalue weighted by atomic mass is 79.9. The van der Waals surface area contributed by atoms with Gasteiger partial charge in [0.1, 0.15) is 17.5 Å². The lowest BCUT2D eigenvalue weighted by atomic mass is 9.68.